The van der Waals surface area contributed by atoms with Gasteiger partial charge in [-0.1, -0.05) is 23.7 Å². The van der Waals surface area contributed by atoms with Crippen LogP contribution in [0.2, 0.25) is 5.02 Å². The van der Waals surface area contributed by atoms with Crippen molar-refractivity contribution in [1.82, 2.24) is 4.90 Å². The summed E-state index contributed by atoms with van der Waals surface area (Å²) >= 11 is 6.08. The molecule has 178 valence electrons. The number of benzene rings is 3. The average molecular weight is 503 g/mol. The molecule has 6 nitrogen and oxygen atoms in total. The topological polar surface area (TPSA) is 66.9 Å². The number of hydrogen-bond acceptors (Lipinski definition) is 5. The van der Waals surface area contributed by atoms with E-state index in [-0.39, 0.29) is 35.3 Å². The first-order valence-corrected chi connectivity index (χ1v) is 12.6. The maximum absolute atomic E-state index is 13.5. The minimum absolute atomic E-state index is 0.0261. The molecule has 4 rings (SSSR count). The lowest BCUT2D eigenvalue weighted by molar-refractivity contribution is 0.0945. The number of unbranched alkanes of at least 4 members (excludes halogenated alkanes) is 1. The Balaban J connectivity index is 1.42. The van der Waals surface area contributed by atoms with Gasteiger partial charge in [0.25, 0.3) is 10.0 Å². The van der Waals surface area contributed by atoms with Gasteiger partial charge in [0.05, 0.1) is 12.2 Å². The number of para-hydroxylation sites is 2. The molecule has 0 saturated carbocycles. The van der Waals surface area contributed by atoms with Gasteiger partial charge in [0.1, 0.15) is 16.5 Å². The van der Waals surface area contributed by atoms with Gasteiger partial charge in [-0.3, -0.25) is 14.0 Å². The van der Waals surface area contributed by atoms with E-state index in [1.54, 1.807) is 36.4 Å². The van der Waals surface area contributed by atoms with Gasteiger partial charge in [-0.15, -0.1) is 0 Å². The third kappa shape index (κ3) is 5.24. The van der Waals surface area contributed by atoms with Crippen molar-refractivity contribution in [1.29, 1.82) is 0 Å². The van der Waals surface area contributed by atoms with Crippen LogP contribution in [0.5, 0.6) is 11.5 Å². The number of rotatable bonds is 8. The van der Waals surface area contributed by atoms with Crippen molar-refractivity contribution in [3.63, 3.8) is 0 Å². The van der Waals surface area contributed by atoms with Gasteiger partial charge in [0, 0.05) is 17.1 Å². The van der Waals surface area contributed by atoms with Gasteiger partial charge < -0.3 is 4.74 Å². The van der Waals surface area contributed by atoms with E-state index >= 15 is 0 Å². The monoisotopic (exact) mass is 502 g/mol. The van der Waals surface area contributed by atoms with Crippen LogP contribution in [0, 0.1) is 5.82 Å². The van der Waals surface area contributed by atoms with Crippen LogP contribution in [0.1, 0.15) is 23.2 Å². The molecule has 0 aliphatic carbocycles. The Morgan fingerprint density at radius 2 is 1.76 bits per heavy atom. The zero-order valence-corrected chi connectivity index (χ0v) is 20.2. The molecule has 0 unspecified atom stereocenters. The number of anilines is 1. The van der Waals surface area contributed by atoms with E-state index in [9.17, 15) is 17.6 Å². The van der Waals surface area contributed by atoms with Gasteiger partial charge in [0.15, 0.2) is 11.5 Å². The molecule has 0 atom stereocenters. The lowest BCUT2D eigenvalue weighted by Crippen LogP contribution is -2.32. The Hall–Kier alpha value is -2.94. The van der Waals surface area contributed by atoms with Gasteiger partial charge in [-0.05, 0) is 81.0 Å². The van der Waals surface area contributed by atoms with Crippen molar-refractivity contribution >= 4 is 33.1 Å². The van der Waals surface area contributed by atoms with Crippen LogP contribution >= 0.6 is 11.6 Å². The van der Waals surface area contributed by atoms with E-state index in [4.69, 9.17) is 16.3 Å². The van der Waals surface area contributed by atoms with Crippen LogP contribution < -0.4 is 9.04 Å². The smallest absolute Gasteiger partial charge is 0.268 e. The van der Waals surface area contributed by atoms with Crippen LogP contribution in [-0.4, -0.2) is 45.8 Å². The lowest BCUT2D eigenvalue weighted by Gasteiger charge is -2.24. The number of hydrogen-bond donors (Lipinski definition) is 0. The van der Waals surface area contributed by atoms with Crippen LogP contribution in [0.15, 0.2) is 71.6 Å². The summed E-state index contributed by atoms with van der Waals surface area (Å²) in [4.78, 5) is 14.3. The van der Waals surface area contributed by atoms with Crippen LogP contribution in [0.3, 0.4) is 0 Å². The van der Waals surface area contributed by atoms with Crippen molar-refractivity contribution in [2.75, 3.05) is 31.0 Å². The molecule has 1 aliphatic rings. The molecule has 0 bridgehead atoms. The average Bonchev–Trinajstić information content (AvgIpc) is 2.89. The van der Waals surface area contributed by atoms with E-state index in [0.717, 1.165) is 0 Å². The summed E-state index contributed by atoms with van der Waals surface area (Å²) in [5.41, 5.74) is 0.924. The first-order chi connectivity index (χ1) is 16.3. The zero-order valence-electron chi connectivity index (χ0n) is 18.6. The number of carbonyl (C=O) groups is 1. The highest BCUT2D eigenvalue weighted by molar-refractivity contribution is 7.93. The van der Waals surface area contributed by atoms with Crippen molar-refractivity contribution in [2.24, 2.45) is 0 Å². The molecule has 0 amide bonds. The number of Topliss-reactive ketones (excluding diaryl/α,β-unsaturated/α-hetero) is 1. The maximum atomic E-state index is 13.5. The van der Waals surface area contributed by atoms with E-state index < -0.39 is 10.0 Å². The molecule has 0 fully saturated rings. The highest BCUT2D eigenvalue weighted by Gasteiger charge is 2.33. The standard InChI is InChI=1S/C25H24ClFN2O4S/c1-28(17-22(30)18-8-11-20(27)12-9-18)14-4-5-15-29-21-6-2-3-7-23(21)33-24-13-10-19(26)16-25(24)34(29,31)32/h2-3,6-13,16H,4-5,14-15,17H2,1H3. The van der Waals surface area contributed by atoms with E-state index in [2.05, 4.69) is 0 Å². The summed E-state index contributed by atoms with van der Waals surface area (Å²) in [6.07, 6.45) is 1.24. The molecule has 1 heterocycles. The molecular weight excluding hydrogens is 479 g/mol. The van der Waals surface area contributed by atoms with E-state index in [1.807, 2.05) is 11.9 Å². The molecule has 1 aliphatic heterocycles. The highest BCUT2D eigenvalue weighted by atomic mass is 35.5. The minimum atomic E-state index is -3.89. The fourth-order valence-corrected chi connectivity index (χ4v) is 5.71. The molecule has 3 aromatic rings. The number of carbonyl (C=O) groups excluding carboxylic acids is 1. The molecule has 0 saturated heterocycles. The fraction of sp³-hybridized carbons (Fsp3) is 0.240. The second kappa shape index (κ2) is 10.1. The molecule has 3 aromatic carbocycles. The maximum Gasteiger partial charge on any atom is 0.268 e. The van der Waals surface area contributed by atoms with Crippen molar-refractivity contribution < 1.29 is 22.3 Å². The Bertz CT molecular complexity index is 1300. The number of sulfonamides is 1. The predicted molar refractivity (Wildman–Crippen MR) is 130 cm³/mol. The number of ether oxygens (including phenoxy) is 1. The number of ketones is 1. The summed E-state index contributed by atoms with van der Waals surface area (Å²) in [6, 6.07) is 17.0. The molecule has 0 aromatic heterocycles. The van der Waals surface area contributed by atoms with Crippen LogP contribution in [0.25, 0.3) is 0 Å². The number of fused-ring (bicyclic) bond motifs is 2. The fourth-order valence-electron chi connectivity index (χ4n) is 3.81. The summed E-state index contributed by atoms with van der Waals surface area (Å²) in [6.45, 7) is 1.03. The minimum Gasteiger partial charge on any atom is -0.454 e. The Morgan fingerprint density at radius 3 is 2.53 bits per heavy atom. The van der Waals surface area contributed by atoms with E-state index in [1.165, 1.54) is 34.6 Å². The number of nitrogens with zero attached hydrogens (tertiary/aromatic N) is 2. The molecule has 0 radical (unpaired) electrons. The third-order valence-corrected chi connectivity index (χ3v) is 7.63. The SMILES string of the molecule is CN(CCCCN1c2ccccc2Oc2ccc(Cl)cc2S1(=O)=O)CC(=O)c1ccc(F)cc1. The summed E-state index contributed by atoms with van der Waals surface area (Å²) in [5, 5.41) is 0.310. The molecular formula is C25H24ClFN2O4S. The second-order valence-electron chi connectivity index (χ2n) is 8.11. The van der Waals surface area contributed by atoms with Gasteiger partial charge in [-0.25, -0.2) is 12.8 Å². The quantitative estimate of drug-likeness (QED) is 0.306. The largest absolute Gasteiger partial charge is 0.454 e. The Morgan fingerprint density at radius 1 is 1.03 bits per heavy atom. The highest BCUT2D eigenvalue weighted by Crippen LogP contribution is 2.43. The zero-order chi connectivity index (χ0) is 24.3. The first-order valence-electron chi connectivity index (χ1n) is 10.8. The molecule has 34 heavy (non-hydrogen) atoms. The summed E-state index contributed by atoms with van der Waals surface area (Å²) in [5.74, 6) is 0.204. The predicted octanol–water partition coefficient (Wildman–Crippen LogP) is 5.38. The van der Waals surface area contributed by atoms with Crippen molar-refractivity contribution in [3.05, 3.63) is 83.1 Å². The van der Waals surface area contributed by atoms with Crippen molar-refractivity contribution in [3.8, 4) is 11.5 Å². The summed E-state index contributed by atoms with van der Waals surface area (Å²) in [7, 11) is -2.06. The number of halogens is 2. The Kier molecular flexibility index (Phi) is 7.21. The van der Waals surface area contributed by atoms with Gasteiger partial charge in [0.2, 0.25) is 0 Å². The van der Waals surface area contributed by atoms with Gasteiger partial charge in [-0.2, -0.15) is 0 Å². The molecule has 0 N–H and O–H groups in total. The normalized spacial score (nSPS) is 14.2. The second-order valence-corrected chi connectivity index (χ2v) is 10.4. The third-order valence-electron chi connectivity index (χ3n) is 5.56. The summed E-state index contributed by atoms with van der Waals surface area (Å²) < 4.78 is 47.3. The molecule has 0 spiro atoms. The van der Waals surface area contributed by atoms with Gasteiger partial charge >= 0.3 is 0 Å². The van der Waals surface area contributed by atoms with Crippen molar-refractivity contribution in [2.45, 2.75) is 17.7 Å². The first kappa shape index (κ1) is 24.2. The lowest BCUT2D eigenvalue weighted by atomic mass is 10.1. The number of likely N-dealkylation sites (N-methyl/N-ethyl adjacent to an activating group) is 1. The molecule has 9 heteroatoms. The van der Waals surface area contributed by atoms with E-state index in [0.29, 0.717) is 41.4 Å². The van der Waals surface area contributed by atoms with Crippen LogP contribution in [-0.2, 0) is 10.0 Å². The Labute approximate surface area is 203 Å². The van der Waals surface area contributed by atoms with Crippen LogP contribution in [0.4, 0.5) is 10.1 Å².